The highest BCUT2D eigenvalue weighted by Crippen LogP contribution is 2.30. The maximum atomic E-state index is 13.3. The van der Waals surface area contributed by atoms with Gasteiger partial charge in [0.25, 0.3) is 0 Å². The first-order valence-corrected chi connectivity index (χ1v) is 6.64. The molecule has 2 aromatic carbocycles. The number of phenolic OH excluding ortho intramolecular Hbond substituents is 1. The molecule has 0 spiro atoms. The average molecular weight is 360 g/mol. The molecule has 0 radical (unpaired) electrons. The molecule has 0 aromatic heterocycles. The van der Waals surface area contributed by atoms with E-state index in [-0.39, 0.29) is 5.69 Å². The molecule has 7 heteroatoms. The van der Waals surface area contributed by atoms with Crippen LogP contribution in [0.3, 0.4) is 0 Å². The molecule has 0 heterocycles. The molecule has 2 rings (SSSR count). The summed E-state index contributed by atoms with van der Waals surface area (Å²) in [4.78, 5) is 11.7. The summed E-state index contributed by atoms with van der Waals surface area (Å²) in [6.07, 6.45) is 0. The zero-order valence-corrected chi connectivity index (χ0v) is 12.3. The second kappa shape index (κ2) is 6.11. The molecule has 0 unspecified atom stereocenters. The predicted octanol–water partition coefficient (Wildman–Crippen LogP) is 4.59. The highest BCUT2D eigenvalue weighted by molar-refractivity contribution is 9.10. The first-order valence-electron chi connectivity index (χ1n) is 5.47. The first-order chi connectivity index (χ1) is 9.45. The van der Waals surface area contributed by atoms with E-state index in [1.165, 1.54) is 6.07 Å². The van der Waals surface area contributed by atoms with Crippen molar-refractivity contribution in [1.82, 2.24) is 0 Å². The highest BCUT2D eigenvalue weighted by atomic mass is 79.9. The Kier molecular flexibility index (Phi) is 4.46. The fourth-order valence-corrected chi connectivity index (χ4v) is 2.04. The standard InChI is InChI=1S/C13H9BrClFN2O2/c14-7-5-10(16)12(19)11(6-7)18-13(20)17-9-3-1-8(15)2-4-9/h1-6,19H,(H2,17,18,20). The lowest BCUT2D eigenvalue weighted by molar-refractivity contribution is 0.262. The van der Waals surface area contributed by atoms with Crippen LogP contribution in [0.4, 0.5) is 20.6 Å². The van der Waals surface area contributed by atoms with Gasteiger partial charge >= 0.3 is 6.03 Å². The number of benzene rings is 2. The smallest absolute Gasteiger partial charge is 0.323 e. The zero-order valence-electron chi connectivity index (χ0n) is 9.95. The normalized spacial score (nSPS) is 10.2. The summed E-state index contributed by atoms with van der Waals surface area (Å²) in [7, 11) is 0. The summed E-state index contributed by atoms with van der Waals surface area (Å²) in [5, 5.41) is 14.9. The number of phenols is 1. The number of carbonyl (C=O) groups excluding carboxylic acids is 1. The molecular weight excluding hydrogens is 351 g/mol. The number of carbonyl (C=O) groups is 1. The van der Waals surface area contributed by atoms with E-state index in [0.29, 0.717) is 15.2 Å². The van der Waals surface area contributed by atoms with E-state index in [4.69, 9.17) is 11.6 Å². The molecule has 0 aliphatic heterocycles. The molecule has 0 fully saturated rings. The Morgan fingerprint density at radius 1 is 1.20 bits per heavy atom. The fourth-order valence-electron chi connectivity index (χ4n) is 1.48. The minimum absolute atomic E-state index is 0.0386. The third-order valence-electron chi connectivity index (χ3n) is 2.38. The number of rotatable bonds is 2. The molecule has 0 aliphatic rings. The van der Waals surface area contributed by atoms with Crippen molar-refractivity contribution in [2.24, 2.45) is 0 Å². The van der Waals surface area contributed by atoms with E-state index in [1.54, 1.807) is 24.3 Å². The average Bonchev–Trinajstić information content (AvgIpc) is 2.38. The monoisotopic (exact) mass is 358 g/mol. The molecule has 2 amide bonds. The fraction of sp³-hybridized carbons (Fsp3) is 0. The summed E-state index contributed by atoms with van der Waals surface area (Å²) in [6, 6.07) is 8.34. The number of nitrogens with one attached hydrogen (secondary N) is 2. The molecule has 104 valence electrons. The topological polar surface area (TPSA) is 61.4 Å². The Hall–Kier alpha value is -1.79. The number of anilines is 2. The van der Waals surface area contributed by atoms with Crippen LogP contribution in [0, 0.1) is 5.82 Å². The van der Waals surface area contributed by atoms with Crippen molar-refractivity contribution in [3.8, 4) is 5.75 Å². The van der Waals surface area contributed by atoms with Gasteiger partial charge in [-0.05, 0) is 36.4 Å². The lowest BCUT2D eigenvalue weighted by Crippen LogP contribution is -2.19. The van der Waals surface area contributed by atoms with E-state index in [1.807, 2.05) is 0 Å². The van der Waals surface area contributed by atoms with Crippen molar-refractivity contribution in [1.29, 1.82) is 0 Å². The summed E-state index contributed by atoms with van der Waals surface area (Å²) < 4.78 is 13.7. The van der Waals surface area contributed by atoms with Crippen LogP contribution in [0.5, 0.6) is 5.75 Å². The van der Waals surface area contributed by atoms with Gasteiger partial charge in [0.05, 0.1) is 5.69 Å². The van der Waals surface area contributed by atoms with Crippen molar-refractivity contribution in [3.05, 3.63) is 51.7 Å². The van der Waals surface area contributed by atoms with Crippen LogP contribution in [-0.2, 0) is 0 Å². The van der Waals surface area contributed by atoms with Gasteiger partial charge in [0.1, 0.15) is 0 Å². The quantitative estimate of drug-likeness (QED) is 0.687. The Morgan fingerprint density at radius 2 is 1.85 bits per heavy atom. The van der Waals surface area contributed by atoms with Gasteiger partial charge in [-0.1, -0.05) is 27.5 Å². The summed E-state index contributed by atoms with van der Waals surface area (Å²) >= 11 is 8.80. The van der Waals surface area contributed by atoms with Crippen molar-refractivity contribution in [2.75, 3.05) is 10.6 Å². The van der Waals surface area contributed by atoms with Crippen LogP contribution >= 0.6 is 27.5 Å². The van der Waals surface area contributed by atoms with Crippen LogP contribution < -0.4 is 10.6 Å². The Bertz CT molecular complexity index is 650. The van der Waals surface area contributed by atoms with E-state index in [0.717, 1.165) is 6.07 Å². The van der Waals surface area contributed by atoms with Crippen molar-refractivity contribution in [3.63, 3.8) is 0 Å². The van der Waals surface area contributed by atoms with Crippen LogP contribution in [0.2, 0.25) is 5.02 Å². The number of urea groups is 1. The second-order valence-corrected chi connectivity index (χ2v) is 5.22. The third kappa shape index (κ3) is 3.61. The maximum absolute atomic E-state index is 13.3. The maximum Gasteiger partial charge on any atom is 0.323 e. The van der Waals surface area contributed by atoms with Gasteiger partial charge in [-0.25, -0.2) is 9.18 Å². The molecule has 0 aliphatic carbocycles. The largest absolute Gasteiger partial charge is 0.503 e. The molecule has 0 saturated carbocycles. The molecule has 4 nitrogen and oxygen atoms in total. The van der Waals surface area contributed by atoms with E-state index in [2.05, 4.69) is 26.6 Å². The van der Waals surface area contributed by atoms with Crippen LogP contribution in [0.25, 0.3) is 0 Å². The van der Waals surface area contributed by atoms with E-state index >= 15 is 0 Å². The molecule has 0 bridgehead atoms. The van der Waals surface area contributed by atoms with Gasteiger partial charge in [0.2, 0.25) is 0 Å². The van der Waals surface area contributed by atoms with Crippen molar-refractivity contribution >= 4 is 44.9 Å². The van der Waals surface area contributed by atoms with Gasteiger partial charge in [0, 0.05) is 15.2 Å². The molecular formula is C13H9BrClFN2O2. The molecule has 20 heavy (non-hydrogen) atoms. The van der Waals surface area contributed by atoms with Crippen LogP contribution in [0.1, 0.15) is 0 Å². The third-order valence-corrected chi connectivity index (χ3v) is 3.09. The minimum Gasteiger partial charge on any atom is -0.503 e. The number of hydrogen-bond acceptors (Lipinski definition) is 2. The molecule has 0 saturated heterocycles. The summed E-state index contributed by atoms with van der Waals surface area (Å²) in [5.74, 6) is -1.46. The SMILES string of the molecule is O=C(Nc1ccc(Cl)cc1)Nc1cc(Br)cc(F)c1O. The Morgan fingerprint density at radius 3 is 2.50 bits per heavy atom. The molecule has 3 N–H and O–H groups in total. The van der Waals surface area contributed by atoms with E-state index < -0.39 is 17.6 Å². The molecule has 2 aromatic rings. The van der Waals surface area contributed by atoms with Gasteiger partial charge in [-0.2, -0.15) is 0 Å². The van der Waals surface area contributed by atoms with Gasteiger partial charge < -0.3 is 15.7 Å². The second-order valence-electron chi connectivity index (χ2n) is 3.87. The first kappa shape index (κ1) is 14.6. The van der Waals surface area contributed by atoms with Gasteiger partial charge in [-0.15, -0.1) is 0 Å². The Labute approximate surface area is 127 Å². The summed E-state index contributed by atoms with van der Waals surface area (Å²) in [6.45, 7) is 0. The van der Waals surface area contributed by atoms with E-state index in [9.17, 15) is 14.3 Å². The van der Waals surface area contributed by atoms with Gasteiger partial charge in [0.15, 0.2) is 11.6 Å². The summed E-state index contributed by atoms with van der Waals surface area (Å²) in [5.41, 5.74) is 0.477. The van der Waals surface area contributed by atoms with Crippen LogP contribution in [0.15, 0.2) is 40.9 Å². The Balaban J connectivity index is 2.10. The van der Waals surface area contributed by atoms with Gasteiger partial charge in [-0.3, -0.25) is 0 Å². The predicted molar refractivity (Wildman–Crippen MR) is 79.9 cm³/mol. The number of amides is 2. The van der Waals surface area contributed by atoms with Crippen LogP contribution in [-0.4, -0.2) is 11.1 Å². The number of hydrogen-bond donors (Lipinski definition) is 3. The zero-order chi connectivity index (χ0) is 14.7. The number of aromatic hydroxyl groups is 1. The van der Waals surface area contributed by atoms with Crippen molar-refractivity contribution < 1.29 is 14.3 Å². The lowest BCUT2D eigenvalue weighted by Gasteiger charge is -2.10. The number of halogens is 3. The minimum atomic E-state index is -0.832. The highest BCUT2D eigenvalue weighted by Gasteiger charge is 2.12. The molecule has 0 atom stereocenters. The van der Waals surface area contributed by atoms with Crippen molar-refractivity contribution in [2.45, 2.75) is 0 Å². The lowest BCUT2D eigenvalue weighted by atomic mass is 10.3.